The van der Waals surface area contributed by atoms with Gasteiger partial charge in [0.1, 0.15) is 6.04 Å². The van der Waals surface area contributed by atoms with Crippen LogP contribution in [-0.2, 0) is 14.3 Å². The van der Waals surface area contributed by atoms with E-state index in [4.69, 9.17) is 10.5 Å². The highest BCUT2D eigenvalue weighted by atomic mass is 16.5. The third-order valence-corrected chi connectivity index (χ3v) is 3.55. The molecule has 0 saturated heterocycles. The predicted molar refractivity (Wildman–Crippen MR) is 97.9 cm³/mol. The van der Waals surface area contributed by atoms with E-state index in [1.54, 1.807) is 42.5 Å². The van der Waals surface area contributed by atoms with E-state index in [0.29, 0.717) is 5.56 Å². The molecule has 1 atom stereocenters. The van der Waals surface area contributed by atoms with Crippen molar-refractivity contribution < 1.29 is 23.9 Å². The van der Waals surface area contributed by atoms with Gasteiger partial charge >= 0.3 is 5.97 Å². The average Bonchev–Trinajstić information content (AvgIpc) is 2.66. The standard InChI is InChI=1S/C19H19N3O5/c1-12(21-18(25)13-7-3-2-4-8-13)19(26)27-11-16(23)22-15-10-6-5-9-14(15)17(20)24/h2-10,12H,11H2,1H3,(H2,20,24)(H,21,25)(H,22,23)/t12-/m0/s1. The first kappa shape index (κ1) is 19.6. The Balaban J connectivity index is 1.85. The molecule has 140 valence electrons. The molecule has 0 aliphatic rings. The lowest BCUT2D eigenvalue weighted by Crippen LogP contribution is -2.40. The molecular formula is C19H19N3O5. The second-order valence-corrected chi connectivity index (χ2v) is 5.63. The first-order valence-corrected chi connectivity index (χ1v) is 8.09. The Labute approximate surface area is 155 Å². The van der Waals surface area contributed by atoms with Gasteiger partial charge in [0, 0.05) is 5.56 Å². The van der Waals surface area contributed by atoms with Crippen molar-refractivity contribution in [3.05, 3.63) is 65.7 Å². The predicted octanol–water partition coefficient (Wildman–Crippen LogP) is 1.09. The Morgan fingerprint density at radius 1 is 1.00 bits per heavy atom. The summed E-state index contributed by atoms with van der Waals surface area (Å²) in [6.07, 6.45) is 0. The number of esters is 1. The van der Waals surface area contributed by atoms with Gasteiger partial charge < -0.3 is 21.1 Å². The van der Waals surface area contributed by atoms with Crippen molar-refractivity contribution in [3.63, 3.8) is 0 Å². The van der Waals surface area contributed by atoms with Gasteiger partial charge in [-0.2, -0.15) is 0 Å². The van der Waals surface area contributed by atoms with Crippen LogP contribution in [0.4, 0.5) is 5.69 Å². The number of carbonyl (C=O) groups excluding carboxylic acids is 4. The molecule has 3 amide bonds. The van der Waals surface area contributed by atoms with Crippen molar-refractivity contribution >= 4 is 29.4 Å². The molecule has 27 heavy (non-hydrogen) atoms. The average molecular weight is 369 g/mol. The van der Waals surface area contributed by atoms with Gasteiger partial charge in [-0.1, -0.05) is 30.3 Å². The largest absolute Gasteiger partial charge is 0.454 e. The molecule has 2 aromatic carbocycles. The van der Waals surface area contributed by atoms with Gasteiger partial charge in [-0.3, -0.25) is 14.4 Å². The maximum atomic E-state index is 12.0. The smallest absolute Gasteiger partial charge is 0.328 e. The van der Waals surface area contributed by atoms with E-state index in [0.717, 1.165) is 0 Å². The van der Waals surface area contributed by atoms with Crippen molar-refractivity contribution in [1.82, 2.24) is 5.32 Å². The van der Waals surface area contributed by atoms with Gasteiger partial charge in [-0.25, -0.2) is 4.79 Å². The number of primary amides is 1. The van der Waals surface area contributed by atoms with Gasteiger partial charge in [0.25, 0.3) is 17.7 Å². The third-order valence-electron chi connectivity index (χ3n) is 3.55. The van der Waals surface area contributed by atoms with Crippen LogP contribution in [0.1, 0.15) is 27.6 Å². The molecule has 8 heteroatoms. The highest BCUT2D eigenvalue weighted by Crippen LogP contribution is 2.14. The Morgan fingerprint density at radius 3 is 2.30 bits per heavy atom. The number of amides is 3. The third kappa shape index (κ3) is 5.67. The second kappa shape index (κ2) is 9.14. The molecule has 0 unspecified atom stereocenters. The van der Waals surface area contributed by atoms with Crippen LogP contribution in [0.25, 0.3) is 0 Å². The molecule has 2 rings (SSSR count). The minimum atomic E-state index is -0.941. The van der Waals surface area contributed by atoms with Crippen LogP contribution in [0.15, 0.2) is 54.6 Å². The van der Waals surface area contributed by atoms with E-state index in [9.17, 15) is 19.2 Å². The zero-order valence-electron chi connectivity index (χ0n) is 14.6. The molecule has 2 aromatic rings. The lowest BCUT2D eigenvalue weighted by molar-refractivity contribution is -0.148. The molecule has 0 saturated carbocycles. The topological polar surface area (TPSA) is 128 Å². The SMILES string of the molecule is C[C@H](NC(=O)c1ccccc1)C(=O)OCC(=O)Nc1ccccc1C(N)=O. The summed E-state index contributed by atoms with van der Waals surface area (Å²) in [5.41, 5.74) is 5.99. The fourth-order valence-electron chi connectivity index (χ4n) is 2.18. The molecule has 0 heterocycles. The number of anilines is 1. The summed E-state index contributed by atoms with van der Waals surface area (Å²) >= 11 is 0. The maximum Gasteiger partial charge on any atom is 0.328 e. The summed E-state index contributed by atoms with van der Waals surface area (Å²) < 4.78 is 4.89. The minimum absolute atomic E-state index is 0.140. The highest BCUT2D eigenvalue weighted by molar-refractivity contribution is 6.03. The summed E-state index contributed by atoms with van der Waals surface area (Å²) in [6.45, 7) is 0.876. The van der Waals surface area contributed by atoms with Crippen LogP contribution < -0.4 is 16.4 Å². The molecule has 8 nitrogen and oxygen atoms in total. The molecular weight excluding hydrogens is 350 g/mol. The number of nitrogens with one attached hydrogen (secondary N) is 2. The molecule has 0 aliphatic carbocycles. The number of para-hydroxylation sites is 1. The van der Waals surface area contributed by atoms with Crippen molar-refractivity contribution in [2.45, 2.75) is 13.0 Å². The number of nitrogens with two attached hydrogens (primary N) is 1. The van der Waals surface area contributed by atoms with Gasteiger partial charge in [-0.15, -0.1) is 0 Å². The quantitative estimate of drug-likeness (QED) is 0.630. The summed E-state index contributed by atoms with van der Waals surface area (Å²) in [5.74, 6) is -2.53. The van der Waals surface area contributed by atoms with Crippen LogP contribution in [0.2, 0.25) is 0 Å². The second-order valence-electron chi connectivity index (χ2n) is 5.63. The number of rotatable bonds is 7. The molecule has 0 radical (unpaired) electrons. The van der Waals surface area contributed by atoms with Crippen molar-refractivity contribution in [1.29, 1.82) is 0 Å². The Kier molecular flexibility index (Phi) is 6.65. The highest BCUT2D eigenvalue weighted by Gasteiger charge is 2.19. The molecule has 0 aliphatic heterocycles. The first-order chi connectivity index (χ1) is 12.9. The van der Waals surface area contributed by atoms with Crippen molar-refractivity contribution in [2.75, 3.05) is 11.9 Å². The minimum Gasteiger partial charge on any atom is -0.454 e. The zero-order chi connectivity index (χ0) is 19.8. The molecule has 0 bridgehead atoms. The number of hydrogen-bond acceptors (Lipinski definition) is 5. The van der Waals surface area contributed by atoms with E-state index in [2.05, 4.69) is 10.6 Å². The summed E-state index contributed by atoms with van der Waals surface area (Å²) in [5, 5.41) is 4.94. The number of benzene rings is 2. The number of hydrogen-bond donors (Lipinski definition) is 3. The van der Waals surface area contributed by atoms with Gasteiger partial charge in [0.2, 0.25) is 0 Å². The van der Waals surface area contributed by atoms with E-state index >= 15 is 0 Å². The zero-order valence-corrected chi connectivity index (χ0v) is 14.6. The molecule has 0 aromatic heterocycles. The number of ether oxygens (including phenoxy) is 1. The molecule has 0 fully saturated rings. The monoisotopic (exact) mass is 369 g/mol. The van der Waals surface area contributed by atoms with E-state index < -0.39 is 36.3 Å². The van der Waals surface area contributed by atoms with Crippen LogP contribution in [0, 0.1) is 0 Å². The lowest BCUT2D eigenvalue weighted by Gasteiger charge is -2.14. The van der Waals surface area contributed by atoms with Gasteiger partial charge in [0.05, 0.1) is 11.3 Å². The Morgan fingerprint density at radius 2 is 1.63 bits per heavy atom. The van der Waals surface area contributed by atoms with E-state index in [-0.39, 0.29) is 11.3 Å². The van der Waals surface area contributed by atoms with E-state index in [1.807, 2.05) is 0 Å². The lowest BCUT2D eigenvalue weighted by atomic mass is 10.1. The fourth-order valence-corrected chi connectivity index (χ4v) is 2.18. The van der Waals surface area contributed by atoms with Crippen LogP contribution >= 0.6 is 0 Å². The summed E-state index contributed by atoms with van der Waals surface area (Å²) in [4.78, 5) is 47.2. The fraction of sp³-hybridized carbons (Fsp3) is 0.158. The van der Waals surface area contributed by atoms with Crippen LogP contribution in [0.3, 0.4) is 0 Å². The molecule has 4 N–H and O–H groups in total. The van der Waals surface area contributed by atoms with Crippen molar-refractivity contribution in [2.24, 2.45) is 5.73 Å². The number of carbonyl (C=O) groups is 4. The Hall–Kier alpha value is -3.68. The first-order valence-electron chi connectivity index (χ1n) is 8.09. The molecule has 0 spiro atoms. The summed E-state index contributed by atoms with van der Waals surface area (Å²) in [7, 11) is 0. The van der Waals surface area contributed by atoms with Crippen LogP contribution in [-0.4, -0.2) is 36.3 Å². The van der Waals surface area contributed by atoms with Crippen molar-refractivity contribution in [3.8, 4) is 0 Å². The van der Waals surface area contributed by atoms with Gasteiger partial charge in [0.15, 0.2) is 6.61 Å². The normalized spacial score (nSPS) is 11.1. The maximum absolute atomic E-state index is 12.0. The Bertz CT molecular complexity index is 851. The van der Waals surface area contributed by atoms with Gasteiger partial charge in [-0.05, 0) is 31.2 Å². The summed E-state index contributed by atoms with van der Waals surface area (Å²) in [6, 6.07) is 13.6. The van der Waals surface area contributed by atoms with E-state index in [1.165, 1.54) is 19.1 Å². The van der Waals surface area contributed by atoms with Crippen LogP contribution in [0.5, 0.6) is 0 Å².